The normalized spacial score (nSPS) is 11.8. The summed E-state index contributed by atoms with van der Waals surface area (Å²) in [5.74, 6) is -0.313. The SMILES string of the molecule is COc1ccn2c(=O)c(Br)c(C(F)(F)F)nc2n1. The lowest BCUT2D eigenvalue weighted by atomic mass is 10.4. The Morgan fingerprint density at radius 3 is 2.61 bits per heavy atom. The molecule has 0 aliphatic carbocycles. The molecule has 0 atom stereocenters. The van der Waals surface area contributed by atoms with Gasteiger partial charge in [0.15, 0.2) is 5.69 Å². The van der Waals surface area contributed by atoms with Crippen molar-refractivity contribution in [3.05, 3.63) is 32.8 Å². The summed E-state index contributed by atoms with van der Waals surface area (Å²) in [5, 5.41) is 0. The predicted molar refractivity (Wildman–Crippen MR) is 58.5 cm³/mol. The Balaban J connectivity index is 2.84. The highest BCUT2D eigenvalue weighted by molar-refractivity contribution is 9.10. The van der Waals surface area contributed by atoms with E-state index in [0.29, 0.717) is 0 Å². The van der Waals surface area contributed by atoms with Crippen LogP contribution in [-0.4, -0.2) is 21.5 Å². The van der Waals surface area contributed by atoms with Crippen LogP contribution in [0.2, 0.25) is 0 Å². The van der Waals surface area contributed by atoms with Gasteiger partial charge in [-0.2, -0.15) is 18.2 Å². The minimum Gasteiger partial charge on any atom is -0.481 e. The molecule has 0 amide bonds. The molecule has 9 heteroatoms. The van der Waals surface area contributed by atoms with Crippen LogP contribution in [0.3, 0.4) is 0 Å². The van der Waals surface area contributed by atoms with Crippen LogP contribution in [0.5, 0.6) is 5.88 Å². The van der Waals surface area contributed by atoms with Crippen molar-refractivity contribution in [2.75, 3.05) is 7.11 Å². The van der Waals surface area contributed by atoms with Gasteiger partial charge in [0.05, 0.1) is 7.11 Å². The van der Waals surface area contributed by atoms with Gasteiger partial charge in [0.1, 0.15) is 4.47 Å². The summed E-state index contributed by atoms with van der Waals surface area (Å²) in [6, 6.07) is 1.34. The van der Waals surface area contributed by atoms with Crippen molar-refractivity contribution < 1.29 is 17.9 Å². The highest BCUT2D eigenvalue weighted by atomic mass is 79.9. The molecule has 0 spiro atoms. The molecular weight excluding hydrogens is 319 g/mol. The molecule has 5 nitrogen and oxygen atoms in total. The standard InChI is InChI=1S/C9H5BrF3N3O2/c1-18-4-2-3-16-7(17)5(10)6(9(11,12)13)15-8(16)14-4/h2-3H,1H3. The van der Waals surface area contributed by atoms with E-state index in [0.717, 1.165) is 4.40 Å². The summed E-state index contributed by atoms with van der Waals surface area (Å²) >= 11 is 2.60. The number of aromatic nitrogens is 3. The van der Waals surface area contributed by atoms with E-state index in [4.69, 9.17) is 4.74 Å². The molecular formula is C9H5BrF3N3O2. The Bertz CT molecular complexity index is 668. The fourth-order valence-corrected chi connectivity index (χ4v) is 1.79. The first kappa shape index (κ1) is 12.8. The van der Waals surface area contributed by atoms with Gasteiger partial charge in [0.2, 0.25) is 11.7 Å². The molecule has 0 radical (unpaired) electrons. The van der Waals surface area contributed by atoms with Crippen LogP contribution < -0.4 is 10.3 Å². The maximum absolute atomic E-state index is 12.6. The molecule has 0 unspecified atom stereocenters. The number of alkyl halides is 3. The zero-order chi connectivity index (χ0) is 13.5. The number of ether oxygens (including phenoxy) is 1. The van der Waals surface area contributed by atoms with E-state index in [9.17, 15) is 18.0 Å². The lowest BCUT2D eigenvalue weighted by molar-refractivity contribution is -0.141. The van der Waals surface area contributed by atoms with Crippen molar-refractivity contribution in [2.45, 2.75) is 6.18 Å². The molecule has 0 bridgehead atoms. The van der Waals surface area contributed by atoms with Gasteiger partial charge >= 0.3 is 6.18 Å². The van der Waals surface area contributed by atoms with Crippen LogP contribution in [0, 0.1) is 0 Å². The van der Waals surface area contributed by atoms with E-state index < -0.39 is 21.9 Å². The zero-order valence-corrected chi connectivity index (χ0v) is 10.4. The van der Waals surface area contributed by atoms with Crippen molar-refractivity contribution in [1.29, 1.82) is 0 Å². The van der Waals surface area contributed by atoms with E-state index in [1.54, 1.807) is 0 Å². The van der Waals surface area contributed by atoms with Gasteiger partial charge in [-0.25, -0.2) is 4.98 Å². The summed E-state index contributed by atoms with van der Waals surface area (Å²) in [7, 11) is 1.31. The second-order valence-corrected chi connectivity index (χ2v) is 4.01. The molecule has 0 fully saturated rings. The van der Waals surface area contributed by atoms with Gasteiger partial charge in [-0.3, -0.25) is 9.20 Å². The Labute approximate surface area is 106 Å². The summed E-state index contributed by atoms with van der Waals surface area (Å²) < 4.78 is 42.9. The second kappa shape index (κ2) is 4.23. The van der Waals surface area contributed by atoms with E-state index in [1.807, 2.05) is 0 Å². The van der Waals surface area contributed by atoms with Gasteiger partial charge < -0.3 is 4.74 Å². The van der Waals surface area contributed by atoms with Gasteiger partial charge in [0.25, 0.3) is 5.56 Å². The van der Waals surface area contributed by atoms with Crippen LogP contribution in [-0.2, 0) is 6.18 Å². The van der Waals surface area contributed by atoms with Crippen molar-refractivity contribution in [2.24, 2.45) is 0 Å². The van der Waals surface area contributed by atoms with Crippen molar-refractivity contribution >= 4 is 21.7 Å². The number of hydrogen-bond donors (Lipinski definition) is 0. The number of methoxy groups -OCH3 is 1. The molecule has 18 heavy (non-hydrogen) atoms. The van der Waals surface area contributed by atoms with E-state index in [-0.39, 0.29) is 11.7 Å². The van der Waals surface area contributed by atoms with Crippen LogP contribution in [0.1, 0.15) is 5.69 Å². The zero-order valence-electron chi connectivity index (χ0n) is 8.82. The molecule has 0 saturated heterocycles. The summed E-state index contributed by atoms with van der Waals surface area (Å²) in [4.78, 5) is 18.7. The van der Waals surface area contributed by atoms with Gasteiger partial charge in [-0.05, 0) is 15.9 Å². The number of nitrogens with zero attached hydrogens (tertiary/aromatic N) is 3. The number of rotatable bonds is 1. The first-order valence-electron chi connectivity index (χ1n) is 4.54. The maximum atomic E-state index is 12.6. The molecule has 2 heterocycles. The lowest BCUT2D eigenvalue weighted by Crippen LogP contribution is -2.23. The minimum atomic E-state index is -4.74. The first-order chi connectivity index (χ1) is 8.34. The van der Waals surface area contributed by atoms with Crippen LogP contribution in [0.4, 0.5) is 13.2 Å². The summed E-state index contributed by atoms with van der Waals surface area (Å²) in [6.07, 6.45) is -3.50. The van der Waals surface area contributed by atoms with Crippen molar-refractivity contribution in [1.82, 2.24) is 14.4 Å². The first-order valence-corrected chi connectivity index (χ1v) is 5.34. The minimum absolute atomic E-state index is 0.0670. The average molecular weight is 324 g/mol. The van der Waals surface area contributed by atoms with E-state index in [2.05, 4.69) is 25.9 Å². The predicted octanol–water partition coefficient (Wildman–Crippen LogP) is 1.88. The molecule has 0 aliphatic heterocycles. The number of hydrogen-bond acceptors (Lipinski definition) is 4. The fraction of sp³-hybridized carbons (Fsp3) is 0.222. The van der Waals surface area contributed by atoms with Gasteiger partial charge in [-0.15, -0.1) is 0 Å². The Kier molecular flexibility index (Phi) is 3.01. The highest BCUT2D eigenvalue weighted by Gasteiger charge is 2.37. The average Bonchev–Trinajstić information content (AvgIpc) is 2.31. The second-order valence-electron chi connectivity index (χ2n) is 3.22. The molecule has 0 aromatic carbocycles. The monoisotopic (exact) mass is 323 g/mol. The van der Waals surface area contributed by atoms with Crippen molar-refractivity contribution in [3.63, 3.8) is 0 Å². The highest BCUT2D eigenvalue weighted by Crippen LogP contribution is 2.31. The molecule has 0 saturated carbocycles. The lowest BCUT2D eigenvalue weighted by Gasteiger charge is -2.09. The molecule has 2 rings (SSSR count). The number of halogens is 4. The Hall–Kier alpha value is -1.64. The molecule has 2 aromatic rings. The fourth-order valence-electron chi connectivity index (χ4n) is 1.29. The third-order valence-electron chi connectivity index (χ3n) is 2.10. The molecule has 2 aromatic heterocycles. The third kappa shape index (κ3) is 2.05. The Morgan fingerprint density at radius 2 is 2.06 bits per heavy atom. The van der Waals surface area contributed by atoms with Crippen LogP contribution in [0.25, 0.3) is 5.78 Å². The third-order valence-corrected chi connectivity index (χ3v) is 2.81. The smallest absolute Gasteiger partial charge is 0.434 e. The Morgan fingerprint density at radius 1 is 1.39 bits per heavy atom. The quantitative estimate of drug-likeness (QED) is 0.804. The maximum Gasteiger partial charge on any atom is 0.434 e. The van der Waals surface area contributed by atoms with Crippen LogP contribution in [0.15, 0.2) is 21.5 Å². The van der Waals surface area contributed by atoms with Crippen LogP contribution >= 0.6 is 15.9 Å². The largest absolute Gasteiger partial charge is 0.481 e. The number of fused-ring (bicyclic) bond motifs is 1. The summed E-state index contributed by atoms with van der Waals surface area (Å²) in [5.41, 5.74) is -2.20. The summed E-state index contributed by atoms with van der Waals surface area (Å²) in [6.45, 7) is 0. The van der Waals surface area contributed by atoms with E-state index in [1.165, 1.54) is 19.4 Å². The molecule has 0 N–H and O–H groups in total. The molecule has 0 aliphatic rings. The van der Waals surface area contributed by atoms with Crippen molar-refractivity contribution in [3.8, 4) is 5.88 Å². The molecule has 96 valence electrons. The van der Waals surface area contributed by atoms with Gasteiger partial charge in [0, 0.05) is 12.3 Å². The topological polar surface area (TPSA) is 56.5 Å². The van der Waals surface area contributed by atoms with Gasteiger partial charge in [-0.1, -0.05) is 0 Å². The van der Waals surface area contributed by atoms with E-state index >= 15 is 0 Å².